The molecule has 11 heteroatoms. The van der Waals surface area contributed by atoms with Crippen LogP contribution in [0.5, 0.6) is 0 Å². The molecule has 1 aliphatic rings. The van der Waals surface area contributed by atoms with Gasteiger partial charge in [0.1, 0.15) is 17.4 Å². The number of ketones is 1. The number of Topliss-reactive ketones (excluding diaryl/α,β-unsaturated/α-hetero) is 1. The van der Waals surface area contributed by atoms with Crippen LogP contribution in [0, 0.1) is 0 Å². The number of sulfonamides is 1. The van der Waals surface area contributed by atoms with Gasteiger partial charge < -0.3 is 9.69 Å². The summed E-state index contributed by atoms with van der Waals surface area (Å²) in [6.07, 6.45) is -4.07. The van der Waals surface area contributed by atoms with Gasteiger partial charge in [0.05, 0.1) is 11.3 Å². The van der Waals surface area contributed by atoms with Crippen molar-refractivity contribution in [2.24, 2.45) is 0 Å². The summed E-state index contributed by atoms with van der Waals surface area (Å²) in [6, 6.07) is 11.4. The molecule has 1 aromatic carbocycles. The zero-order valence-corrected chi connectivity index (χ0v) is 23.5. The van der Waals surface area contributed by atoms with Crippen molar-refractivity contribution in [1.29, 1.82) is 0 Å². The van der Waals surface area contributed by atoms with Crippen LogP contribution in [-0.4, -0.2) is 37.2 Å². The minimum atomic E-state index is -4.87. The number of anilines is 2. The molecule has 3 heterocycles. The fourth-order valence-corrected chi connectivity index (χ4v) is 5.44. The molecule has 1 aliphatic heterocycles. The zero-order valence-electron chi connectivity index (χ0n) is 26.7. The average molecular weight is 593 g/mol. The van der Waals surface area contributed by atoms with Crippen LogP contribution < -0.4 is 9.62 Å². The number of hydrogen-bond donors (Lipinski definition) is 1. The van der Waals surface area contributed by atoms with E-state index in [4.69, 9.17) is 5.48 Å². The minimum Gasteiger partial charge on any atom is -0.357 e. The number of fused-ring (bicyclic) bond motifs is 6. The Balaban J connectivity index is 1.84. The Morgan fingerprint density at radius 3 is 2.49 bits per heavy atom. The molecule has 0 unspecified atom stereocenters. The van der Waals surface area contributed by atoms with Gasteiger partial charge in [-0.3, -0.25) is 4.72 Å². The number of carbonyl (C=O) groups excluding carboxylic acids is 1. The number of benzene rings is 1. The molecule has 0 fully saturated rings. The standard InChI is InChI=1S/C30H35F3N4O3S/c1-22(38)12-11-21-37-20-9-5-3-2-4-6-13-23-14-7-8-15-24(23)29-25(30(31,32)33)18-19-26(34-29)36-41(39,40)28-17-10-16-27(37)35-28/h7-8,10,14-19H,2-6,9,11-13,20-21H2,1H3,(H,34,36)/i13D2,21D2. The number of aromatic nitrogens is 2. The van der Waals surface area contributed by atoms with Crippen molar-refractivity contribution in [1.82, 2.24) is 9.97 Å². The van der Waals surface area contributed by atoms with Gasteiger partial charge in [0.15, 0.2) is 5.03 Å². The topological polar surface area (TPSA) is 92.3 Å². The average Bonchev–Trinajstić information content (AvgIpc) is 2.96. The number of aryl methyl sites for hydroxylation is 1. The van der Waals surface area contributed by atoms with Crippen molar-refractivity contribution in [2.45, 2.75) is 75.9 Å². The first-order valence-electron chi connectivity index (χ1n) is 15.5. The maximum absolute atomic E-state index is 14.2. The van der Waals surface area contributed by atoms with E-state index in [0.717, 1.165) is 6.07 Å². The van der Waals surface area contributed by atoms with Crippen LogP contribution in [0.4, 0.5) is 24.8 Å². The maximum Gasteiger partial charge on any atom is 0.418 e. The summed E-state index contributed by atoms with van der Waals surface area (Å²) in [6.45, 7) is -0.512. The monoisotopic (exact) mass is 592 g/mol. The fraction of sp³-hybridized carbons (Fsp3) is 0.433. The Kier molecular flexibility index (Phi) is 8.29. The summed E-state index contributed by atoms with van der Waals surface area (Å²) < 4.78 is 107. The number of halogens is 3. The lowest BCUT2D eigenvalue weighted by Gasteiger charge is -2.24. The number of alkyl halides is 3. The Hall–Kier alpha value is -3.47. The van der Waals surface area contributed by atoms with E-state index in [2.05, 4.69) is 14.7 Å². The lowest BCUT2D eigenvalue weighted by molar-refractivity contribution is -0.137. The zero-order chi connectivity index (χ0) is 33.0. The number of carbonyl (C=O) groups is 1. The summed E-state index contributed by atoms with van der Waals surface area (Å²) in [5.74, 6) is -0.616. The van der Waals surface area contributed by atoms with Crippen molar-refractivity contribution in [3.8, 4) is 11.3 Å². The van der Waals surface area contributed by atoms with Gasteiger partial charge in [0.2, 0.25) is 0 Å². The second-order valence-electron chi connectivity index (χ2n) is 9.78. The molecule has 220 valence electrons. The van der Waals surface area contributed by atoms with Crippen LogP contribution in [0.2, 0.25) is 0 Å². The fourth-order valence-electron chi connectivity index (χ4n) is 4.48. The molecule has 41 heavy (non-hydrogen) atoms. The van der Waals surface area contributed by atoms with Gasteiger partial charge in [-0.1, -0.05) is 56.0 Å². The number of rotatable bonds is 4. The van der Waals surface area contributed by atoms with Gasteiger partial charge in [-0.05, 0) is 62.4 Å². The van der Waals surface area contributed by atoms with E-state index in [1.54, 1.807) is 0 Å². The van der Waals surface area contributed by atoms with E-state index in [1.807, 2.05) is 0 Å². The highest BCUT2D eigenvalue weighted by molar-refractivity contribution is 7.92. The maximum atomic E-state index is 14.2. The van der Waals surface area contributed by atoms with Crippen LogP contribution in [0.3, 0.4) is 0 Å². The van der Waals surface area contributed by atoms with E-state index >= 15 is 0 Å². The Morgan fingerprint density at radius 1 is 1.00 bits per heavy atom. The number of hydrogen-bond acceptors (Lipinski definition) is 6. The summed E-state index contributed by atoms with van der Waals surface area (Å²) in [7, 11) is -4.53. The van der Waals surface area contributed by atoms with E-state index in [-0.39, 0.29) is 48.5 Å². The summed E-state index contributed by atoms with van der Waals surface area (Å²) >= 11 is 0. The van der Waals surface area contributed by atoms with Crippen molar-refractivity contribution in [3.05, 3.63) is 65.7 Å². The highest BCUT2D eigenvalue weighted by Gasteiger charge is 2.35. The van der Waals surface area contributed by atoms with Gasteiger partial charge in [0.25, 0.3) is 10.0 Å². The molecular formula is C30H35F3N4O3S. The summed E-state index contributed by atoms with van der Waals surface area (Å²) in [4.78, 5) is 21.2. The molecule has 0 amide bonds. The molecule has 0 radical (unpaired) electrons. The second kappa shape index (κ2) is 13.5. The lowest BCUT2D eigenvalue weighted by atomic mass is 9.96. The number of nitrogens with one attached hydrogen (secondary N) is 1. The highest BCUT2D eigenvalue weighted by atomic mass is 32.2. The predicted molar refractivity (Wildman–Crippen MR) is 153 cm³/mol. The molecule has 0 saturated carbocycles. The molecule has 3 aromatic rings. The van der Waals surface area contributed by atoms with E-state index in [0.29, 0.717) is 38.2 Å². The van der Waals surface area contributed by atoms with Crippen LogP contribution in [0.25, 0.3) is 11.3 Å². The Labute approximate surface area is 244 Å². The van der Waals surface area contributed by atoms with Crippen LogP contribution >= 0.6 is 0 Å². The second-order valence-corrected chi connectivity index (χ2v) is 11.4. The molecular weight excluding hydrogens is 553 g/mol. The van der Waals surface area contributed by atoms with Gasteiger partial charge in [0, 0.05) is 30.5 Å². The van der Waals surface area contributed by atoms with Gasteiger partial charge in [-0.2, -0.15) is 21.6 Å². The van der Waals surface area contributed by atoms with Crippen LogP contribution in [0.15, 0.2) is 59.6 Å². The normalized spacial score (nSPS) is 19.5. The van der Waals surface area contributed by atoms with Crippen molar-refractivity contribution in [3.63, 3.8) is 0 Å². The third-order valence-corrected chi connectivity index (χ3v) is 7.79. The van der Waals surface area contributed by atoms with Gasteiger partial charge in [-0.15, -0.1) is 0 Å². The number of pyridine rings is 2. The molecule has 4 bridgehead atoms. The summed E-state index contributed by atoms with van der Waals surface area (Å²) in [5.41, 5.74) is -1.86. The largest absolute Gasteiger partial charge is 0.418 e. The highest BCUT2D eigenvalue weighted by Crippen LogP contribution is 2.38. The lowest BCUT2D eigenvalue weighted by Crippen LogP contribution is -2.28. The Bertz CT molecular complexity index is 1640. The SMILES string of the molecule is [2H]C1([2H])CCCCCCCN(C([2H])([2H])CCC(C)=O)c2cccc(n2)S(=O)(=O)Nc2ccc(C(F)(F)F)c(n2)-c2ccccc21. The molecule has 0 spiro atoms. The third kappa shape index (κ3) is 8.28. The smallest absolute Gasteiger partial charge is 0.357 e. The first-order valence-corrected chi connectivity index (χ1v) is 14.9. The van der Waals surface area contributed by atoms with Crippen LogP contribution in [0.1, 0.15) is 74.9 Å². The summed E-state index contributed by atoms with van der Waals surface area (Å²) in [5, 5.41) is -0.509. The van der Waals surface area contributed by atoms with Crippen molar-refractivity contribution < 1.29 is 31.9 Å². The molecule has 1 N–H and O–H groups in total. The molecule has 2 aromatic heterocycles. The first kappa shape index (κ1) is 25.3. The van der Waals surface area contributed by atoms with Gasteiger partial charge in [-0.25, -0.2) is 9.97 Å². The first-order chi connectivity index (χ1) is 21.0. The van der Waals surface area contributed by atoms with E-state index in [1.165, 1.54) is 54.3 Å². The minimum absolute atomic E-state index is 0.0127. The van der Waals surface area contributed by atoms with Gasteiger partial charge >= 0.3 is 6.18 Å². The number of nitrogens with zero attached hydrogens (tertiary/aromatic N) is 3. The Morgan fingerprint density at radius 2 is 1.73 bits per heavy atom. The van der Waals surface area contributed by atoms with E-state index < -0.39 is 51.2 Å². The van der Waals surface area contributed by atoms with Crippen molar-refractivity contribution >= 4 is 27.4 Å². The third-order valence-electron chi connectivity index (χ3n) is 6.54. The molecule has 4 rings (SSSR count). The molecule has 7 nitrogen and oxygen atoms in total. The molecule has 0 saturated heterocycles. The predicted octanol–water partition coefficient (Wildman–Crippen LogP) is 7.04. The van der Waals surface area contributed by atoms with E-state index in [9.17, 15) is 26.4 Å². The van der Waals surface area contributed by atoms with Crippen molar-refractivity contribution in [2.75, 3.05) is 22.7 Å². The van der Waals surface area contributed by atoms with Crippen LogP contribution in [-0.2, 0) is 27.4 Å². The quantitative estimate of drug-likeness (QED) is 0.350. The molecule has 0 aliphatic carbocycles. The molecule has 0 atom stereocenters.